The molecule has 0 atom stereocenters. The van der Waals surface area contributed by atoms with E-state index in [0.717, 1.165) is 24.2 Å². The predicted octanol–water partition coefficient (Wildman–Crippen LogP) is 4.76. The molecular formula is C15H12Cl2N2. The molecule has 0 spiro atoms. The lowest BCUT2D eigenvalue weighted by molar-refractivity contribution is 1.09. The molecule has 1 aliphatic carbocycles. The van der Waals surface area contributed by atoms with Crippen molar-refractivity contribution in [3.63, 3.8) is 0 Å². The minimum Gasteiger partial charge on any atom is -0.278 e. The lowest BCUT2D eigenvalue weighted by Gasteiger charge is -2.04. The van der Waals surface area contributed by atoms with E-state index in [0.29, 0.717) is 10.0 Å². The Bertz CT molecular complexity index is 650. The van der Waals surface area contributed by atoms with Crippen molar-refractivity contribution in [2.45, 2.75) is 12.8 Å². The Morgan fingerprint density at radius 1 is 0.947 bits per heavy atom. The summed E-state index contributed by atoms with van der Waals surface area (Å²) >= 11 is 11.8. The summed E-state index contributed by atoms with van der Waals surface area (Å²) in [7, 11) is 0. The average molecular weight is 291 g/mol. The van der Waals surface area contributed by atoms with Crippen LogP contribution >= 0.6 is 23.2 Å². The molecule has 0 aliphatic heterocycles. The van der Waals surface area contributed by atoms with Gasteiger partial charge in [0.05, 0.1) is 21.4 Å². The summed E-state index contributed by atoms with van der Waals surface area (Å²) in [6.45, 7) is 0. The van der Waals surface area contributed by atoms with Crippen molar-refractivity contribution in [2.24, 2.45) is 5.10 Å². The first kappa shape index (κ1) is 12.5. The molecule has 2 aromatic rings. The third-order valence-corrected chi connectivity index (χ3v) is 3.94. The zero-order valence-corrected chi connectivity index (χ0v) is 11.7. The maximum Gasteiger partial charge on any atom is 0.0685 e. The van der Waals surface area contributed by atoms with Crippen LogP contribution in [0.3, 0.4) is 0 Å². The molecule has 4 heteroatoms. The van der Waals surface area contributed by atoms with E-state index in [9.17, 15) is 0 Å². The van der Waals surface area contributed by atoms with Gasteiger partial charge in [0.15, 0.2) is 0 Å². The van der Waals surface area contributed by atoms with Gasteiger partial charge in [-0.05, 0) is 36.6 Å². The van der Waals surface area contributed by atoms with E-state index < -0.39 is 0 Å². The third kappa shape index (κ3) is 2.60. The molecule has 3 rings (SSSR count). The van der Waals surface area contributed by atoms with Crippen LogP contribution in [0.2, 0.25) is 10.0 Å². The quantitative estimate of drug-likeness (QED) is 0.793. The Labute approximate surface area is 122 Å². The monoisotopic (exact) mass is 290 g/mol. The van der Waals surface area contributed by atoms with Crippen LogP contribution in [0.15, 0.2) is 47.6 Å². The van der Waals surface area contributed by atoms with E-state index in [2.05, 4.69) is 28.7 Å². The summed E-state index contributed by atoms with van der Waals surface area (Å²) in [5.41, 5.74) is 7.55. The van der Waals surface area contributed by atoms with Gasteiger partial charge in [-0.1, -0.05) is 47.5 Å². The zero-order chi connectivity index (χ0) is 13.2. The van der Waals surface area contributed by atoms with Crippen LogP contribution in [0, 0.1) is 0 Å². The lowest BCUT2D eigenvalue weighted by Crippen LogP contribution is -1.99. The highest BCUT2D eigenvalue weighted by molar-refractivity contribution is 6.42. The number of nitrogens with one attached hydrogen (secondary N) is 1. The number of halogens is 2. The van der Waals surface area contributed by atoms with Gasteiger partial charge in [-0.15, -0.1) is 0 Å². The molecule has 0 heterocycles. The predicted molar refractivity (Wildman–Crippen MR) is 81.4 cm³/mol. The van der Waals surface area contributed by atoms with Crippen molar-refractivity contribution in [2.75, 3.05) is 5.43 Å². The smallest absolute Gasteiger partial charge is 0.0685 e. The number of hydrogen-bond acceptors (Lipinski definition) is 2. The van der Waals surface area contributed by atoms with Crippen molar-refractivity contribution in [1.29, 1.82) is 0 Å². The molecule has 0 amide bonds. The van der Waals surface area contributed by atoms with Gasteiger partial charge in [0.25, 0.3) is 0 Å². The average Bonchev–Trinajstić information content (AvgIpc) is 2.83. The van der Waals surface area contributed by atoms with E-state index in [4.69, 9.17) is 23.2 Å². The van der Waals surface area contributed by atoms with Gasteiger partial charge < -0.3 is 0 Å². The van der Waals surface area contributed by atoms with E-state index >= 15 is 0 Å². The summed E-state index contributed by atoms with van der Waals surface area (Å²) in [5, 5.41) is 5.54. The van der Waals surface area contributed by atoms with Crippen LogP contribution in [0.1, 0.15) is 17.5 Å². The highest BCUT2D eigenvalue weighted by atomic mass is 35.5. The summed E-state index contributed by atoms with van der Waals surface area (Å²) in [4.78, 5) is 0. The first-order valence-electron chi connectivity index (χ1n) is 6.10. The molecule has 0 saturated carbocycles. The van der Waals surface area contributed by atoms with E-state index in [1.54, 1.807) is 12.1 Å². The Morgan fingerprint density at radius 2 is 1.79 bits per heavy atom. The third-order valence-electron chi connectivity index (χ3n) is 3.20. The molecule has 0 aromatic heterocycles. The standard InChI is InChI=1S/C15H12Cl2N2/c16-13-7-6-11(9-14(13)17)18-19-15-8-5-10-3-1-2-4-12(10)15/h1-4,6-7,9,18H,5,8H2/b19-15+. The fourth-order valence-corrected chi connectivity index (χ4v) is 2.52. The van der Waals surface area contributed by atoms with Crippen LogP contribution in [0.4, 0.5) is 5.69 Å². The first-order valence-corrected chi connectivity index (χ1v) is 6.85. The van der Waals surface area contributed by atoms with Crippen LogP contribution in [-0.4, -0.2) is 5.71 Å². The Morgan fingerprint density at radius 3 is 2.63 bits per heavy atom. The fourth-order valence-electron chi connectivity index (χ4n) is 2.22. The van der Waals surface area contributed by atoms with Crippen molar-refractivity contribution in [1.82, 2.24) is 0 Å². The molecule has 2 nitrogen and oxygen atoms in total. The number of hydrogen-bond donors (Lipinski definition) is 1. The minimum atomic E-state index is 0.527. The minimum absolute atomic E-state index is 0.527. The second-order valence-corrected chi connectivity index (χ2v) is 5.27. The summed E-state index contributed by atoms with van der Waals surface area (Å²) < 4.78 is 0. The number of benzene rings is 2. The van der Waals surface area contributed by atoms with E-state index in [-0.39, 0.29) is 0 Å². The van der Waals surface area contributed by atoms with Crippen molar-refractivity contribution < 1.29 is 0 Å². The number of fused-ring (bicyclic) bond motifs is 1. The molecule has 0 bridgehead atoms. The van der Waals surface area contributed by atoms with Gasteiger partial charge in [0, 0.05) is 5.56 Å². The van der Waals surface area contributed by atoms with Gasteiger partial charge in [0.2, 0.25) is 0 Å². The SMILES string of the molecule is Clc1ccc(N/N=C2\CCc3ccccc32)cc1Cl. The molecule has 96 valence electrons. The van der Waals surface area contributed by atoms with Crippen molar-refractivity contribution in [3.05, 3.63) is 63.6 Å². The molecule has 0 radical (unpaired) electrons. The first-order chi connectivity index (χ1) is 9.24. The molecular weight excluding hydrogens is 279 g/mol. The normalized spacial score (nSPS) is 15.6. The highest BCUT2D eigenvalue weighted by Crippen LogP contribution is 2.26. The number of aryl methyl sites for hydroxylation is 1. The Kier molecular flexibility index (Phi) is 3.45. The number of anilines is 1. The zero-order valence-electron chi connectivity index (χ0n) is 10.2. The Balaban J connectivity index is 1.82. The van der Waals surface area contributed by atoms with Gasteiger partial charge in [-0.3, -0.25) is 5.43 Å². The topological polar surface area (TPSA) is 24.4 Å². The summed E-state index contributed by atoms with van der Waals surface area (Å²) in [6.07, 6.45) is 2.02. The largest absolute Gasteiger partial charge is 0.278 e. The second-order valence-electron chi connectivity index (χ2n) is 4.46. The van der Waals surface area contributed by atoms with Crippen LogP contribution in [0.5, 0.6) is 0 Å². The highest BCUT2D eigenvalue weighted by Gasteiger charge is 2.16. The maximum atomic E-state index is 5.97. The summed E-state index contributed by atoms with van der Waals surface area (Å²) in [6, 6.07) is 13.8. The molecule has 1 N–H and O–H groups in total. The molecule has 1 aliphatic rings. The molecule has 19 heavy (non-hydrogen) atoms. The fraction of sp³-hybridized carbons (Fsp3) is 0.133. The van der Waals surface area contributed by atoms with Gasteiger partial charge in [-0.25, -0.2) is 0 Å². The van der Waals surface area contributed by atoms with Gasteiger partial charge >= 0.3 is 0 Å². The molecule has 2 aromatic carbocycles. The van der Waals surface area contributed by atoms with E-state index in [1.807, 2.05) is 12.1 Å². The van der Waals surface area contributed by atoms with Gasteiger partial charge in [0.1, 0.15) is 0 Å². The lowest BCUT2D eigenvalue weighted by atomic mass is 10.1. The van der Waals surface area contributed by atoms with Crippen molar-refractivity contribution >= 4 is 34.6 Å². The Hall–Kier alpha value is -1.51. The number of rotatable bonds is 2. The second kappa shape index (κ2) is 5.24. The summed E-state index contributed by atoms with van der Waals surface area (Å²) in [5.74, 6) is 0. The molecule has 0 saturated heterocycles. The van der Waals surface area contributed by atoms with Gasteiger partial charge in [-0.2, -0.15) is 5.10 Å². The van der Waals surface area contributed by atoms with E-state index in [1.165, 1.54) is 11.1 Å². The van der Waals surface area contributed by atoms with Crippen LogP contribution in [0.25, 0.3) is 0 Å². The van der Waals surface area contributed by atoms with Crippen LogP contribution in [-0.2, 0) is 6.42 Å². The number of hydrazone groups is 1. The van der Waals surface area contributed by atoms with Crippen LogP contribution < -0.4 is 5.43 Å². The maximum absolute atomic E-state index is 5.97. The molecule has 0 unspecified atom stereocenters. The number of nitrogens with zero attached hydrogens (tertiary/aromatic N) is 1. The molecule has 0 fully saturated rings. The van der Waals surface area contributed by atoms with Crippen molar-refractivity contribution in [3.8, 4) is 0 Å².